The van der Waals surface area contributed by atoms with Gasteiger partial charge >= 0.3 is 0 Å². The van der Waals surface area contributed by atoms with E-state index in [4.69, 9.17) is 4.74 Å². The minimum Gasteiger partial charge on any atom is -0.378 e. The molecule has 1 amide bonds. The molecule has 7 nitrogen and oxygen atoms in total. The van der Waals surface area contributed by atoms with Gasteiger partial charge in [-0.3, -0.25) is 14.6 Å². The molecule has 1 aliphatic heterocycles. The van der Waals surface area contributed by atoms with Crippen LogP contribution in [-0.4, -0.2) is 54.1 Å². The first-order valence-corrected chi connectivity index (χ1v) is 9.35. The monoisotopic (exact) mass is 388 g/mol. The molecule has 2 aromatic rings. The van der Waals surface area contributed by atoms with Gasteiger partial charge in [0, 0.05) is 44.4 Å². The van der Waals surface area contributed by atoms with E-state index in [0.29, 0.717) is 56.5 Å². The first kappa shape index (κ1) is 20.0. The second-order valence-electron chi connectivity index (χ2n) is 6.93. The fourth-order valence-electron chi connectivity index (χ4n) is 3.24. The number of aromatic amines is 1. The third kappa shape index (κ3) is 4.95. The van der Waals surface area contributed by atoms with Crippen LogP contribution in [0.2, 0.25) is 0 Å². The Bertz CT molecular complexity index is 893. The molecule has 1 fully saturated rings. The molecule has 0 radical (unpaired) electrons. The number of ether oxygens (including phenoxy) is 1. The zero-order chi connectivity index (χ0) is 20.1. The SMILES string of the molecule is Cc1nc(N2CCOCC2)[nH]c(=O)c1CCC(=O)N(C)Cc1cccc(F)c1. The van der Waals surface area contributed by atoms with Crippen LogP contribution in [0.4, 0.5) is 10.3 Å². The summed E-state index contributed by atoms with van der Waals surface area (Å²) in [7, 11) is 1.67. The van der Waals surface area contributed by atoms with Gasteiger partial charge in [-0.05, 0) is 31.0 Å². The molecule has 0 aliphatic carbocycles. The molecule has 0 spiro atoms. The smallest absolute Gasteiger partial charge is 0.255 e. The lowest BCUT2D eigenvalue weighted by Crippen LogP contribution is -2.38. The minimum atomic E-state index is -0.327. The van der Waals surface area contributed by atoms with Crippen molar-refractivity contribution in [2.75, 3.05) is 38.3 Å². The Labute approximate surface area is 163 Å². The molecule has 1 aromatic heterocycles. The molecule has 0 saturated carbocycles. The number of aryl methyl sites for hydroxylation is 1. The maximum atomic E-state index is 13.3. The number of halogens is 1. The Hall–Kier alpha value is -2.74. The fourth-order valence-corrected chi connectivity index (χ4v) is 3.24. The van der Waals surface area contributed by atoms with Crippen LogP contribution >= 0.6 is 0 Å². The third-order valence-electron chi connectivity index (χ3n) is 4.84. The summed E-state index contributed by atoms with van der Waals surface area (Å²) in [6, 6.07) is 6.17. The molecule has 0 bridgehead atoms. The second-order valence-corrected chi connectivity index (χ2v) is 6.93. The molecule has 1 aromatic carbocycles. The molecular formula is C20H25FN4O3. The van der Waals surface area contributed by atoms with Crippen molar-refractivity contribution in [1.29, 1.82) is 0 Å². The molecule has 3 rings (SSSR count). The predicted molar refractivity (Wildman–Crippen MR) is 104 cm³/mol. The Morgan fingerprint density at radius 3 is 2.79 bits per heavy atom. The van der Waals surface area contributed by atoms with Crippen LogP contribution in [-0.2, 0) is 22.5 Å². The molecule has 28 heavy (non-hydrogen) atoms. The lowest BCUT2D eigenvalue weighted by Gasteiger charge is -2.27. The Morgan fingerprint density at radius 1 is 1.36 bits per heavy atom. The number of amides is 1. The van der Waals surface area contributed by atoms with Gasteiger partial charge in [0.25, 0.3) is 5.56 Å². The Kier molecular flexibility index (Phi) is 6.41. The van der Waals surface area contributed by atoms with Gasteiger partial charge in [-0.25, -0.2) is 9.37 Å². The van der Waals surface area contributed by atoms with E-state index in [1.54, 1.807) is 26.1 Å². The highest BCUT2D eigenvalue weighted by Gasteiger charge is 2.17. The summed E-state index contributed by atoms with van der Waals surface area (Å²) in [5.74, 6) is 0.108. The van der Waals surface area contributed by atoms with E-state index in [0.717, 1.165) is 5.56 Å². The third-order valence-corrected chi connectivity index (χ3v) is 4.84. The Morgan fingerprint density at radius 2 is 2.11 bits per heavy atom. The number of aromatic nitrogens is 2. The van der Waals surface area contributed by atoms with E-state index in [1.165, 1.54) is 17.0 Å². The van der Waals surface area contributed by atoms with E-state index in [-0.39, 0.29) is 23.7 Å². The van der Waals surface area contributed by atoms with Gasteiger partial charge in [-0.2, -0.15) is 0 Å². The van der Waals surface area contributed by atoms with E-state index >= 15 is 0 Å². The molecule has 0 atom stereocenters. The second kappa shape index (κ2) is 8.97. The average molecular weight is 388 g/mol. The maximum absolute atomic E-state index is 13.3. The first-order valence-electron chi connectivity index (χ1n) is 9.35. The fraction of sp³-hybridized carbons (Fsp3) is 0.450. The molecule has 1 saturated heterocycles. The highest BCUT2D eigenvalue weighted by atomic mass is 19.1. The number of hydrogen-bond acceptors (Lipinski definition) is 5. The number of anilines is 1. The number of H-pyrrole nitrogens is 1. The molecule has 1 aliphatic rings. The van der Waals surface area contributed by atoms with Gasteiger partial charge in [0.1, 0.15) is 5.82 Å². The number of carbonyl (C=O) groups excluding carboxylic acids is 1. The van der Waals surface area contributed by atoms with Crippen molar-refractivity contribution in [3.8, 4) is 0 Å². The van der Waals surface area contributed by atoms with Crippen molar-refractivity contribution in [2.24, 2.45) is 0 Å². The molecular weight excluding hydrogens is 363 g/mol. The highest BCUT2D eigenvalue weighted by Crippen LogP contribution is 2.12. The summed E-state index contributed by atoms with van der Waals surface area (Å²) in [5, 5.41) is 0. The normalized spacial score (nSPS) is 14.2. The Balaban J connectivity index is 1.61. The molecule has 150 valence electrons. The molecule has 1 N–H and O–H groups in total. The summed E-state index contributed by atoms with van der Waals surface area (Å²) in [4.78, 5) is 35.8. The number of nitrogens with zero attached hydrogens (tertiary/aromatic N) is 3. The van der Waals surface area contributed by atoms with Crippen molar-refractivity contribution in [2.45, 2.75) is 26.3 Å². The summed E-state index contributed by atoms with van der Waals surface area (Å²) in [5.41, 5.74) is 1.66. The number of carbonyl (C=O) groups is 1. The van der Waals surface area contributed by atoms with Gasteiger partial charge < -0.3 is 14.5 Å². The van der Waals surface area contributed by atoms with Crippen molar-refractivity contribution in [1.82, 2.24) is 14.9 Å². The van der Waals surface area contributed by atoms with Crippen LogP contribution in [0, 0.1) is 12.7 Å². The van der Waals surface area contributed by atoms with Crippen LogP contribution in [0.25, 0.3) is 0 Å². The standard InChI is InChI=1S/C20H25FN4O3/c1-14-17(19(27)23-20(22-14)25-8-10-28-11-9-25)6-7-18(26)24(2)13-15-4-3-5-16(21)12-15/h3-5,12H,6-11,13H2,1-2H3,(H,22,23,27). The number of rotatable bonds is 6. The van der Waals surface area contributed by atoms with Crippen molar-refractivity contribution in [3.63, 3.8) is 0 Å². The van der Waals surface area contributed by atoms with E-state index in [9.17, 15) is 14.0 Å². The van der Waals surface area contributed by atoms with Gasteiger partial charge in [0.2, 0.25) is 11.9 Å². The van der Waals surface area contributed by atoms with Crippen molar-refractivity contribution >= 4 is 11.9 Å². The summed E-state index contributed by atoms with van der Waals surface area (Å²) < 4.78 is 18.6. The van der Waals surface area contributed by atoms with Crippen LogP contribution in [0.3, 0.4) is 0 Å². The lowest BCUT2D eigenvalue weighted by molar-refractivity contribution is -0.130. The highest BCUT2D eigenvalue weighted by molar-refractivity contribution is 5.76. The number of morpholine rings is 1. The predicted octanol–water partition coefficient (Wildman–Crippen LogP) is 1.65. The number of hydrogen-bond donors (Lipinski definition) is 1. The van der Waals surface area contributed by atoms with E-state index < -0.39 is 0 Å². The van der Waals surface area contributed by atoms with E-state index in [2.05, 4.69) is 9.97 Å². The topological polar surface area (TPSA) is 78.5 Å². The van der Waals surface area contributed by atoms with Gasteiger partial charge in [0.05, 0.1) is 13.2 Å². The molecule has 0 unspecified atom stereocenters. The summed E-state index contributed by atoms with van der Waals surface area (Å²) >= 11 is 0. The number of nitrogens with one attached hydrogen (secondary N) is 1. The van der Waals surface area contributed by atoms with Crippen LogP contribution < -0.4 is 10.5 Å². The largest absolute Gasteiger partial charge is 0.378 e. The quantitative estimate of drug-likeness (QED) is 0.814. The minimum absolute atomic E-state index is 0.111. The van der Waals surface area contributed by atoms with Crippen LogP contribution in [0.5, 0.6) is 0 Å². The van der Waals surface area contributed by atoms with Gasteiger partial charge in [-0.1, -0.05) is 12.1 Å². The van der Waals surface area contributed by atoms with Crippen molar-refractivity contribution < 1.29 is 13.9 Å². The van der Waals surface area contributed by atoms with E-state index in [1.807, 2.05) is 4.90 Å². The van der Waals surface area contributed by atoms with Crippen molar-refractivity contribution in [3.05, 3.63) is 57.3 Å². The number of benzene rings is 1. The average Bonchev–Trinajstić information content (AvgIpc) is 2.67. The van der Waals surface area contributed by atoms with Crippen LogP contribution in [0.15, 0.2) is 29.1 Å². The first-order chi connectivity index (χ1) is 13.4. The summed E-state index contributed by atoms with van der Waals surface area (Å²) in [6.07, 6.45) is 0.498. The van der Waals surface area contributed by atoms with Crippen LogP contribution in [0.1, 0.15) is 23.2 Å². The maximum Gasteiger partial charge on any atom is 0.255 e. The molecule has 8 heteroatoms. The van der Waals surface area contributed by atoms with Gasteiger partial charge in [0.15, 0.2) is 0 Å². The lowest BCUT2D eigenvalue weighted by atomic mass is 10.1. The zero-order valence-corrected chi connectivity index (χ0v) is 16.2. The zero-order valence-electron chi connectivity index (χ0n) is 16.2. The molecule has 2 heterocycles. The summed E-state index contributed by atoms with van der Waals surface area (Å²) in [6.45, 7) is 4.69. The van der Waals surface area contributed by atoms with Gasteiger partial charge in [-0.15, -0.1) is 0 Å².